The number of carbonyl (C=O) groups excluding carboxylic acids is 5. The maximum absolute atomic E-state index is 13.9. The number of primary amides is 1. The van der Waals surface area contributed by atoms with E-state index in [9.17, 15) is 28.4 Å². The zero-order valence-corrected chi connectivity index (χ0v) is 28.2. The van der Waals surface area contributed by atoms with Crippen LogP contribution in [0.3, 0.4) is 0 Å². The fourth-order valence-corrected chi connectivity index (χ4v) is 5.06. The van der Waals surface area contributed by atoms with Crippen LogP contribution in [0.25, 0.3) is 0 Å². The van der Waals surface area contributed by atoms with E-state index in [-0.39, 0.29) is 37.0 Å². The van der Waals surface area contributed by atoms with Crippen LogP contribution >= 0.6 is 0 Å². The van der Waals surface area contributed by atoms with Gasteiger partial charge < -0.3 is 32.7 Å². The summed E-state index contributed by atoms with van der Waals surface area (Å²) in [5, 5.41) is 10.9. The molecule has 0 radical (unpaired) electrons. The molecule has 0 aromatic heterocycles. The molecule has 0 spiro atoms. The van der Waals surface area contributed by atoms with Gasteiger partial charge in [-0.1, -0.05) is 84.0 Å². The Morgan fingerprint density at radius 3 is 1.55 bits per heavy atom. The Balaban J connectivity index is 2.38. The summed E-state index contributed by atoms with van der Waals surface area (Å²) in [4.78, 5) is 66.1. The molecule has 0 aliphatic heterocycles. The topological polar surface area (TPSA) is 186 Å². The van der Waals surface area contributed by atoms with E-state index in [0.29, 0.717) is 12.0 Å². The molecule has 0 heterocycles. The van der Waals surface area contributed by atoms with E-state index in [1.54, 1.807) is 38.1 Å². The summed E-state index contributed by atoms with van der Waals surface area (Å²) >= 11 is 0. The minimum absolute atomic E-state index is 0.0323. The number of benzene rings is 2. The minimum atomic E-state index is -1.20. The van der Waals surface area contributed by atoms with Gasteiger partial charge in [0, 0.05) is 12.8 Å². The van der Waals surface area contributed by atoms with E-state index < -0.39 is 65.6 Å². The number of hydrogen-bond donors (Lipinski definition) is 6. The number of amides is 5. The van der Waals surface area contributed by atoms with Crippen molar-refractivity contribution < 1.29 is 28.4 Å². The van der Waals surface area contributed by atoms with Crippen LogP contribution in [-0.4, -0.2) is 59.7 Å². The van der Waals surface area contributed by atoms with E-state index >= 15 is 0 Å². The lowest BCUT2D eigenvalue weighted by Crippen LogP contribution is -2.60. The van der Waals surface area contributed by atoms with Gasteiger partial charge >= 0.3 is 0 Å². The molecule has 11 nitrogen and oxygen atoms in total. The highest BCUT2D eigenvalue weighted by molar-refractivity contribution is 5.96. The van der Waals surface area contributed by atoms with Crippen molar-refractivity contribution in [1.82, 2.24) is 21.3 Å². The normalized spacial score (nSPS) is 14.5. The fourth-order valence-electron chi connectivity index (χ4n) is 5.06. The van der Waals surface area contributed by atoms with E-state index in [1.165, 1.54) is 24.3 Å². The van der Waals surface area contributed by atoms with E-state index in [4.69, 9.17) is 11.5 Å². The van der Waals surface area contributed by atoms with Crippen molar-refractivity contribution >= 4 is 29.5 Å². The molecule has 8 N–H and O–H groups in total. The molecule has 0 aliphatic carbocycles. The fraction of sp³-hybridized carbons (Fsp3) is 0.514. The van der Waals surface area contributed by atoms with Crippen molar-refractivity contribution in [2.24, 2.45) is 29.2 Å². The first kappa shape index (κ1) is 38.9. The molecule has 258 valence electrons. The smallest absolute Gasteiger partial charge is 0.243 e. The molecule has 12 heteroatoms. The average Bonchev–Trinajstić information content (AvgIpc) is 2.99. The summed E-state index contributed by atoms with van der Waals surface area (Å²) < 4.78 is 13.6. The van der Waals surface area contributed by atoms with Crippen molar-refractivity contribution in [2.75, 3.05) is 0 Å². The van der Waals surface area contributed by atoms with Crippen LogP contribution in [0.5, 0.6) is 0 Å². The van der Waals surface area contributed by atoms with Gasteiger partial charge in [0.1, 0.15) is 30.0 Å². The SMILES string of the molecule is CC(C)C[C@@H](N)C(=O)N[C@@H](C(=O)N[C@H](Cc1ccccc1)C(=O)N[C@H](Cc1ccc(F)cc1)C(=O)N[C@H](CC(C)C)C(N)=O)C(C)C. The number of nitrogens with two attached hydrogens (primary N) is 2. The lowest BCUT2D eigenvalue weighted by atomic mass is 9.98. The van der Waals surface area contributed by atoms with Crippen LogP contribution in [-0.2, 0) is 36.8 Å². The van der Waals surface area contributed by atoms with E-state index in [2.05, 4.69) is 21.3 Å². The Hall–Kier alpha value is -4.32. The molecule has 5 atom stereocenters. The summed E-state index contributed by atoms with van der Waals surface area (Å²) in [5.74, 6) is -3.71. The third-order valence-corrected chi connectivity index (χ3v) is 7.58. The molecule has 0 saturated heterocycles. The zero-order valence-electron chi connectivity index (χ0n) is 28.2. The van der Waals surface area contributed by atoms with Gasteiger partial charge in [0.05, 0.1) is 6.04 Å². The Morgan fingerprint density at radius 2 is 1.09 bits per heavy atom. The van der Waals surface area contributed by atoms with Crippen molar-refractivity contribution in [1.29, 1.82) is 0 Å². The van der Waals surface area contributed by atoms with Gasteiger partial charge in [-0.05, 0) is 53.9 Å². The third kappa shape index (κ3) is 13.5. The Bertz CT molecular complexity index is 1340. The number of rotatable bonds is 18. The molecule has 0 bridgehead atoms. The first-order chi connectivity index (χ1) is 22.1. The second kappa shape index (κ2) is 18.7. The summed E-state index contributed by atoms with van der Waals surface area (Å²) in [6.07, 6.45) is 0.762. The molecule has 2 aromatic carbocycles. The van der Waals surface area contributed by atoms with Crippen LogP contribution in [0.2, 0.25) is 0 Å². The minimum Gasteiger partial charge on any atom is -0.368 e. The maximum Gasteiger partial charge on any atom is 0.243 e. The van der Waals surface area contributed by atoms with Crippen molar-refractivity contribution in [2.45, 2.75) is 97.4 Å². The van der Waals surface area contributed by atoms with Gasteiger partial charge in [-0.25, -0.2) is 4.39 Å². The summed E-state index contributed by atoms with van der Waals surface area (Å²) in [6.45, 7) is 11.2. The first-order valence-electron chi connectivity index (χ1n) is 16.1. The van der Waals surface area contributed by atoms with Crippen LogP contribution < -0.4 is 32.7 Å². The monoisotopic (exact) mass is 654 g/mol. The third-order valence-electron chi connectivity index (χ3n) is 7.58. The van der Waals surface area contributed by atoms with Crippen LogP contribution in [0.4, 0.5) is 4.39 Å². The summed E-state index contributed by atoms with van der Waals surface area (Å²) in [7, 11) is 0. The van der Waals surface area contributed by atoms with Gasteiger partial charge in [0.15, 0.2) is 0 Å². The summed E-state index contributed by atoms with van der Waals surface area (Å²) in [6, 6.07) is 9.33. The Morgan fingerprint density at radius 1 is 0.617 bits per heavy atom. The molecular formula is C35H51FN6O5. The number of halogens is 1. The molecule has 0 unspecified atom stereocenters. The summed E-state index contributed by atoms with van der Waals surface area (Å²) in [5.41, 5.74) is 12.9. The Kier molecular flexibility index (Phi) is 15.5. The van der Waals surface area contributed by atoms with Crippen LogP contribution in [0.1, 0.15) is 65.5 Å². The molecule has 2 rings (SSSR count). The number of nitrogens with one attached hydrogen (secondary N) is 4. The Labute approximate surface area is 277 Å². The van der Waals surface area contributed by atoms with Gasteiger partial charge in [-0.3, -0.25) is 24.0 Å². The van der Waals surface area contributed by atoms with Gasteiger partial charge in [0.2, 0.25) is 29.5 Å². The molecule has 47 heavy (non-hydrogen) atoms. The number of carbonyl (C=O) groups is 5. The molecule has 2 aromatic rings. The standard InChI is InChI=1S/C35H51FN6O5/c1-20(2)16-26(37)32(44)42-30(22(5)6)35(47)41-29(18-23-10-8-7-9-11-23)34(46)40-28(19-24-12-14-25(36)15-13-24)33(45)39-27(31(38)43)17-21(3)4/h7-15,20-22,26-30H,16-19,37H2,1-6H3,(H2,38,43)(H,39,45)(H,40,46)(H,41,47)(H,42,44)/t26-,27-,28-,29-,30-/m1/s1. The molecule has 0 aliphatic rings. The van der Waals surface area contributed by atoms with Crippen LogP contribution in [0, 0.1) is 23.6 Å². The van der Waals surface area contributed by atoms with Crippen LogP contribution in [0.15, 0.2) is 54.6 Å². The molecule has 5 amide bonds. The largest absolute Gasteiger partial charge is 0.368 e. The highest BCUT2D eigenvalue weighted by Crippen LogP contribution is 2.12. The molecule has 0 fully saturated rings. The average molecular weight is 655 g/mol. The van der Waals surface area contributed by atoms with E-state index in [0.717, 1.165) is 5.56 Å². The number of hydrogen-bond acceptors (Lipinski definition) is 6. The second-order valence-electron chi connectivity index (χ2n) is 13.2. The quantitative estimate of drug-likeness (QED) is 0.143. The van der Waals surface area contributed by atoms with Crippen molar-refractivity contribution in [3.8, 4) is 0 Å². The predicted molar refractivity (Wildman–Crippen MR) is 179 cm³/mol. The second-order valence-corrected chi connectivity index (χ2v) is 13.2. The highest BCUT2D eigenvalue weighted by atomic mass is 19.1. The maximum atomic E-state index is 13.9. The van der Waals surface area contributed by atoms with E-state index in [1.807, 2.05) is 33.8 Å². The lowest BCUT2D eigenvalue weighted by molar-refractivity contribution is -0.135. The molecular weight excluding hydrogens is 603 g/mol. The molecule has 0 saturated carbocycles. The van der Waals surface area contributed by atoms with Gasteiger partial charge in [0.25, 0.3) is 0 Å². The van der Waals surface area contributed by atoms with Gasteiger partial charge in [-0.2, -0.15) is 0 Å². The first-order valence-corrected chi connectivity index (χ1v) is 16.1. The van der Waals surface area contributed by atoms with Gasteiger partial charge in [-0.15, -0.1) is 0 Å². The predicted octanol–water partition coefficient (Wildman–Crippen LogP) is 2.11. The zero-order chi connectivity index (χ0) is 35.3. The highest BCUT2D eigenvalue weighted by Gasteiger charge is 2.33. The van der Waals surface area contributed by atoms with Crippen molar-refractivity contribution in [3.63, 3.8) is 0 Å². The lowest BCUT2D eigenvalue weighted by Gasteiger charge is -2.28. The van der Waals surface area contributed by atoms with Crippen molar-refractivity contribution in [3.05, 3.63) is 71.5 Å².